The standard InChI is InChI=1S/C61H46N2O/c1-43-13-11-12-20-59(43)63(55-35-23-47(24-36-55)45-16-7-3-8-17-45)56-37-27-49(28-38-56)51-30-40-61-58(42-51)57-41-50(29-39-60(57)64-61)48-25-33-54(34-26-48)62(52-18-9-4-10-19-52)53-31-21-46(22-32-53)44-14-5-2-6-15-44/h2-12,14-43H,13H2,1H3. The quantitative estimate of drug-likeness (QED) is 0.137. The molecule has 0 bridgehead atoms. The van der Waals surface area contributed by atoms with Crippen molar-refractivity contribution >= 4 is 50.4 Å². The van der Waals surface area contributed by atoms with Crippen molar-refractivity contribution in [2.45, 2.75) is 13.3 Å². The maximum absolute atomic E-state index is 6.41. The average molecular weight is 823 g/mol. The summed E-state index contributed by atoms with van der Waals surface area (Å²) in [6.07, 6.45) is 7.73. The summed E-state index contributed by atoms with van der Waals surface area (Å²) in [7, 11) is 0. The Labute approximate surface area is 375 Å². The monoisotopic (exact) mass is 822 g/mol. The highest BCUT2D eigenvalue weighted by Gasteiger charge is 2.21. The molecule has 306 valence electrons. The molecule has 0 N–H and O–H groups in total. The molecule has 1 unspecified atom stereocenters. The Morgan fingerprint density at radius 2 is 0.703 bits per heavy atom. The van der Waals surface area contributed by atoms with Crippen LogP contribution in [0.4, 0.5) is 28.4 Å². The van der Waals surface area contributed by atoms with Crippen molar-refractivity contribution in [3.05, 3.63) is 248 Å². The van der Waals surface area contributed by atoms with E-state index >= 15 is 0 Å². The average Bonchev–Trinajstić information content (AvgIpc) is 3.74. The van der Waals surface area contributed by atoms with Gasteiger partial charge in [0.05, 0.1) is 0 Å². The van der Waals surface area contributed by atoms with Crippen LogP contribution in [0, 0.1) is 5.92 Å². The third-order valence-corrected chi connectivity index (χ3v) is 12.5. The van der Waals surface area contributed by atoms with E-state index in [-0.39, 0.29) is 0 Å². The van der Waals surface area contributed by atoms with Gasteiger partial charge in [-0.2, -0.15) is 0 Å². The highest BCUT2D eigenvalue weighted by molar-refractivity contribution is 6.07. The number of hydrogen-bond donors (Lipinski definition) is 0. The number of allylic oxidation sites excluding steroid dienone is 4. The van der Waals surface area contributed by atoms with Crippen molar-refractivity contribution in [2.75, 3.05) is 9.80 Å². The Kier molecular flexibility index (Phi) is 10.3. The summed E-state index contributed by atoms with van der Waals surface area (Å²) in [5, 5.41) is 2.22. The fourth-order valence-corrected chi connectivity index (χ4v) is 9.11. The maximum atomic E-state index is 6.41. The van der Waals surface area contributed by atoms with E-state index in [1.165, 1.54) is 28.0 Å². The van der Waals surface area contributed by atoms with Gasteiger partial charge in [-0.1, -0.05) is 159 Å². The van der Waals surface area contributed by atoms with Crippen molar-refractivity contribution in [2.24, 2.45) is 5.92 Å². The minimum atomic E-state index is 0.394. The van der Waals surface area contributed by atoms with Crippen molar-refractivity contribution in [1.82, 2.24) is 0 Å². The smallest absolute Gasteiger partial charge is 0.135 e. The molecule has 0 radical (unpaired) electrons. The molecule has 0 spiro atoms. The van der Waals surface area contributed by atoms with Gasteiger partial charge in [0.25, 0.3) is 0 Å². The zero-order valence-corrected chi connectivity index (χ0v) is 35.7. The number of hydrogen-bond acceptors (Lipinski definition) is 3. The van der Waals surface area contributed by atoms with Crippen molar-refractivity contribution in [3.8, 4) is 44.5 Å². The third-order valence-electron chi connectivity index (χ3n) is 12.5. The summed E-state index contributed by atoms with van der Waals surface area (Å²) in [6, 6.07) is 80.4. The molecule has 0 saturated heterocycles. The molecule has 1 atom stereocenters. The van der Waals surface area contributed by atoms with Gasteiger partial charge in [0.2, 0.25) is 0 Å². The minimum absolute atomic E-state index is 0.394. The molecule has 0 aliphatic heterocycles. The topological polar surface area (TPSA) is 19.6 Å². The van der Waals surface area contributed by atoms with Gasteiger partial charge in [0, 0.05) is 50.8 Å². The molecule has 1 aliphatic rings. The lowest BCUT2D eigenvalue weighted by molar-refractivity contribution is 0.669. The third kappa shape index (κ3) is 7.58. The van der Waals surface area contributed by atoms with Crippen LogP contribution >= 0.6 is 0 Å². The number of para-hydroxylation sites is 1. The second kappa shape index (κ2) is 17.0. The van der Waals surface area contributed by atoms with Gasteiger partial charge >= 0.3 is 0 Å². The van der Waals surface area contributed by atoms with Crippen LogP contribution in [0.5, 0.6) is 0 Å². The molecule has 0 saturated carbocycles. The van der Waals surface area contributed by atoms with E-state index in [1.54, 1.807) is 0 Å². The first kappa shape index (κ1) is 38.8. The first-order valence-corrected chi connectivity index (χ1v) is 22.1. The SMILES string of the molecule is CC1CC=CC=C1N(c1ccc(-c2ccccc2)cc1)c1ccc(-c2ccc3oc4ccc(-c5ccc(N(c6ccccc6)c6ccc(-c7ccccc7)cc6)cc5)cc4c3c2)cc1. The number of nitrogens with zero attached hydrogens (tertiary/aromatic N) is 2. The first-order valence-electron chi connectivity index (χ1n) is 22.1. The summed E-state index contributed by atoms with van der Waals surface area (Å²) in [5.41, 5.74) is 18.1. The Morgan fingerprint density at radius 3 is 1.12 bits per heavy atom. The van der Waals surface area contributed by atoms with Gasteiger partial charge in [-0.25, -0.2) is 0 Å². The highest BCUT2D eigenvalue weighted by atomic mass is 16.3. The van der Waals surface area contributed by atoms with Crippen LogP contribution in [0.15, 0.2) is 253 Å². The van der Waals surface area contributed by atoms with Gasteiger partial charge < -0.3 is 14.2 Å². The van der Waals surface area contributed by atoms with Crippen LogP contribution in [0.1, 0.15) is 13.3 Å². The molecule has 0 amide bonds. The molecule has 10 aromatic rings. The summed E-state index contributed by atoms with van der Waals surface area (Å²) in [4.78, 5) is 4.72. The Bertz CT molecular complexity index is 3260. The second-order valence-corrected chi connectivity index (χ2v) is 16.6. The lowest BCUT2D eigenvalue weighted by atomic mass is 9.96. The minimum Gasteiger partial charge on any atom is -0.456 e. The van der Waals surface area contributed by atoms with E-state index in [0.717, 1.165) is 79.1 Å². The lowest BCUT2D eigenvalue weighted by Crippen LogP contribution is -2.22. The second-order valence-electron chi connectivity index (χ2n) is 16.6. The number of benzene rings is 9. The molecule has 0 fully saturated rings. The number of rotatable bonds is 10. The molecule has 1 heterocycles. The summed E-state index contributed by atoms with van der Waals surface area (Å²) in [6.45, 7) is 2.31. The number of fused-ring (bicyclic) bond motifs is 3. The summed E-state index contributed by atoms with van der Waals surface area (Å²) >= 11 is 0. The molecule has 64 heavy (non-hydrogen) atoms. The molecule has 9 aromatic carbocycles. The largest absolute Gasteiger partial charge is 0.456 e. The number of furan rings is 1. The van der Waals surface area contributed by atoms with Crippen LogP contribution in [0.2, 0.25) is 0 Å². The molecule has 1 aliphatic carbocycles. The normalized spacial score (nSPS) is 13.5. The molecule has 11 rings (SSSR count). The van der Waals surface area contributed by atoms with E-state index in [2.05, 4.69) is 259 Å². The van der Waals surface area contributed by atoms with E-state index in [0.29, 0.717) is 5.92 Å². The van der Waals surface area contributed by atoms with Crippen LogP contribution in [-0.4, -0.2) is 0 Å². The first-order chi connectivity index (χ1) is 31.6. The van der Waals surface area contributed by atoms with Crippen LogP contribution in [-0.2, 0) is 0 Å². The van der Waals surface area contributed by atoms with Crippen LogP contribution in [0.25, 0.3) is 66.4 Å². The summed E-state index contributed by atoms with van der Waals surface area (Å²) in [5.74, 6) is 0.394. The van der Waals surface area contributed by atoms with E-state index in [9.17, 15) is 0 Å². The molecular weight excluding hydrogens is 777 g/mol. The van der Waals surface area contributed by atoms with E-state index in [1.807, 2.05) is 0 Å². The van der Waals surface area contributed by atoms with Crippen molar-refractivity contribution in [3.63, 3.8) is 0 Å². The van der Waals surface area contributed by atoms with Crippen LogP contribution < -0.4 is 9.80 Å². The van der Waals surface area contributed by atoms with E-state index < -0.39 is 0 Å². The Balaban J connectivity index is 0.886. The Hall–Kier alpha value is -8.14. The summed E-state index contributed by atoms with van der Waals surface area (Å²) < 4.78 is 6.41. The maximum Gasteiger partial charge on any atom is 0.135 e. The van der Waals surface area contributed by atoms with Crippen molar-refractivity contribution < 1.29 is 4.42 Å². The fraction of sp³-hybridized carbons (Fsp3) is 0.0492. The van der Waals surface area contributed by atoms with Gasteiger partial charge in [-0.3, -0.25) is 0 Å². The van der Waals surface area contributed by atoms with Crippen molar-refractivity contribution in [1.29, 1.82) is 0 Å². The zero-order chi connectivity index (χ0) is 42.8. The van der Waals surface area contributed by atoms with Gasteiger partial charge in [0.1, 0.15) is 11.2 Å². The fourth-order valence-electron chi connectivity index (χ4n) is 9.11. The molecule has 3 heteroatoms. The Morgan fingerprint density at radius 1 is 0.359 bits per heavy atom. The zero-order valence-electron chi connectivity index (χ0n) is 35.7. The molecule has 3 nitrogen and oxygen atoms in total. The van der Waals surface area contributed by atoms with Gasteiger partial charge in [-0.05, 0) is 142 Å². The van der Waals surface area contributed by atoms with E-state index in [4.69, 9.17) is 4.42 Å². The predicted octanol–water partition coefficient (Wildman–Crippen LogP) is 17.3. The predicted molar refractivity (Wildman–Crippen MR) is 270 cm³/mol. The molecular formula is C61H46N2O. The number of anilines is 5. The van der Waals surface area contributed by atoms with Crippen LogP contribution in [0.3, 0.4) is 0 Å². The van der Waals surface area contributed by atoms with Gasteiger partial charge in [0.15, 0.2) is 0 Å². The highest BCUT2D eigenvalue weighted by Crippen LogP contribution is 2.41. The lowest BCUT2D eigenvalue weighted by Gasteiger charge is -2.32. The van der Waals surface area contributed by atoms with Gasteiger partial charge in [-0.15, -0.1) is 0 Å². The molecule has 1 aromatic heterocycles.